The molecule has 0 saturated carbocycles. The molecule has 0 aliphatic carbocycles. The van der Waals surface area contributed by atoms with Gasteiger partial charge in [-0.1, -0.05) is 213 Å². The molecule has 9 atom stereocenters. The molecule has 8 N–H and O–H groups in total. The molecular formula is C47H93NO10. The Morgan fingerprint density at radius 1 is 0.534 bits per heavy atom. The van der Waals surface area contributed by atoms with E-state index in [2.05, 4.69) is 19.2 Å². The van der Waals surface area contributed by atoms with Crippen LogP contribution in [0.15, 0.2) is 0 Å². The summed E-state index contributed by atoms with van der Waals surface area (Å²) in [6.45, 7) is 3.44. The summed E-state index contributed by atoms with van der Waals surface area (Å²) in [6.07, 6.45) is 27.3. The Labute approximate surface area is 354 Å². The van der Waals surface area contributed by atoms with Gasteiger partial charge in [-0.05, 0) is 12.8 Å². The zero-order valence-corrected chi connectivity index (χ0v) is 37.3. The van der Waals surface area contributed by atoms with Crippen molar-refractivity contribution in [1.82, 2.24) is 5.32 Å². The maximum absolute atomic E-state index is 13.1. The Morgan fingerprint density at radius 2 is 0.897 bits per heavy atom. The predicted molar refractivity (Wildman–Crippen MR) is 233 cm³/mol. The minimum Gasteiger partial charge on any atom is -0.394 e. The molecule has 0 aromatic heterocycles. The van der Waals surface area contributed by atoms with E-state index in [1.807, 2.05) is 0 Å². The average molecular weight is 832 g/mol. The number of amides is 1. The lowest BCUT2D eigenvalue weighted by Gasteiger charge is -2.40. The first kappa shape index (κ1) is 55.1. The molecule has 346 valence electrons. The molecule has 0 aromatic rings. The van der Waals surface area contributed by atoms with Gasteiger partial charge in [-0.15, -0.1) is 0 Å². The molecule has 1 aliphatic rings. The Hall–Kier alpha value is -0.890. The van der Waals surface area contributed by atoms with Crippen LogP contribution in [0.5, 0.6) is 0 Å². The van der Waals surface area contributed by atoms with Gasteiger partial charge < -0.3 is 50.5 Å². The van der Waals surface area contributed by atoms with Crippen molar-refractivity contribution < 1.29 is 50.0 Å². The van der Waals surface area contributed by atoms with E-state index in [4.69, 9.17) is 9.47 Å². The number of unbranched alkanes of at least 4 members (excludes halogenated alkanes) is 29. The first-order valence-corrected chi connectivity index (χ1v) is 24.4. The smallest absolute Gasteiger partial charge is 0.249 e. The van der Waals surface area contributed by atoms with Gasteiger partial charge in [0.25, 0.3) is 0 Å². The van der Waals surface area contributed by atoms with E-state index in [0.29, 0.717) is 19.3 Å². The summed E-state index contributed by atoms with van der Waals surface area (Å²) in [7, 11) is 0. The molecule has 0 bridgehead atoms. The number of ether oxygens (including phenoxy) is 2. The van der Waals surface area contributed by atoms with Gasteiger partial charge in [-0.2, -0.15) is 0 Å². The van der Waals surface area contributed by atoms with Gasteiger partial charge in [0.05, 0.1) is 25.4 Å². The van der Waals surface area contributed by atoms with Gasteiger partial charge in [0, 0.05) is 0 Å². The van der Waals surface area contributed by atoms with Gasteiger partial charge in [0.1, 0.15) is 36.6 Å². The molecule has 11 nitrogen and oxygen atoms in total. The van der Waals surface area contributed by atoms with Crippen LogP contribution in [0.4, 0.5) is 0 Å². The quantitative estimate of drug-likeness (QED) is 0.0279. The van der Waals surface area contributed by atoms with Crippen molar-refractivity contribution in [3.63, 3.8) is 0 Å². The van der Waals surface area contributed by atoms with Crippen LogP contribution in [-0.4, -0.2) is 110 Å². The molecule has 1 saturated heterocycles. The van der Waals surface area contributed by atoms with Crippen LogP contribution in [0, 0.1) is 0 Å². The third kappa shape index (κ3) is 27.1. The van der Waals surface area contributed by atoms with Gasteiger partial charge in [0.2, 0.25) is 5.91 Å². The standard InChI is InChI=1S/C47H93NO10/c1-3-5-7-9-11-13-15-16-17-18-19-20-21-22-23-25-27-29-31-33-35-40(51)46(56)48-38(37-57-47-45(55)44(54)43(53)41(36-49)58-47)42(52)39(50)34-32-30-28-26-24-14-12-10-8-6-4-2/h38-45,47,49-55H,3-37H2,1-2H3,(H,48,56)/t38-,39+,40+,41?,42-,43-,44?,45?,47-/m0/s1. The summed E-state index contributed by atoms with van der Waals surface area (Å²) in [4.78, 5) is 13.1. The number of carbonyl (C=O) groups is 1. The summed E-state index contributed by atoms with van der Waals surface area (Å²) in [5.41, 5.74) is 0. The number of hydrogen-bond acceptors (Lipinski definition) is 10. The SMILES string of the molecule is CCCCCCCCCCCCCCCCCCCCCC[C@@H](O)C(=O)N[C@@H](CO[C@H]1OC(CO)[C@H](O)C(O)C1O)[C@H](O)[C@H](O)CCCCCCCCCCCCC. The van der Waals surface area contributed by atoms with E-state index < -0.39 is 74.2 Å². The van der Waals surface area contributed by atoms with Gasteiger partial charge in [0.15, 0.2) is 6.29 Å². The van der Waals surface area contributed by atoms with Gasteiger partial charge in [-0.3, -0.25) is 4.79 Å². The molecule has 0 spiro atoms. The molecule has 1 fully saturated rings. The predicted octanol–water partition coefficient (Wildman–Crippen LogP) is 8.28. The Kier molecular flexibility index (Phi) is 36.0. The number of aliphatic hydroxyl groups excluding tert-OH is 7. The van der Waals surface area contributed by atoms with Crippen molar-refractivity contribution in [1.29, 1.82) is 0 Å². The first-order chi connectivity index (χ1) is 28.2. The highest BCUT2D eigenvalue weighted by molar-refractivity contribution is 5.80. The molecule has 1 amide bonds. The Bertz CT molecular complexity index is 913. The van der Waals surface area contributed by atoms with Crippen molar-refractivity contribution in [2.75, 3.05) is 13.2 Å². The van der Waals surface area contributed by atoms with E-state index in [1.54, 1.807) is 0 Å². The third-order valence-corrected chi connectivity index (χ3v) is 12.2. The van der Waals surface area contributed by atoms with Crippen molar-refractivity contribution in [2.24, 2.45) is 0 Å². The number of carbonyl (C=O) groups excluding carboxylic acids is 1. The van der Waals surface area contributed by atoms with Crippen LogP contribution in [0.1, 0.15) is 226 Å². The average Bonchev–Trinajstić information content (AvgIpc) is 3.22. The van der Waals surface area contributed by atoms with Crippen LogP contribution in [0.3, 0.4) is 0 Å². The topological polar surface area (TPSA) is 189 Å². The highest BCUT2D eigenvalue weighted by Gasteiger charge is 2.44. The molecular weight excluding hydrogens is 739 g/mol. The maximum Gasteiger partial charge on any atom is 0.249 e. The number of aliphatic hydroxyl groups is 7. The zero-order chi connectivity index (χ0) is 42.6. The first-order valence-electron chi connectivity index (χ1n) is 24.4. The van der Waals surface area contributed by atoms with Crippen LogP contribution < -0.4 is 5.32 Å². The monoisotopic (exact) mass is 832 g/mol. The molecule has 1 aliphatic heterocycles. The third-order valence-electron chi connectivity index (χ3n) is 12.2. The summed E-state index contributed by atoms with van der Waals surface area (Å²) < 4.78 is 11.1. The fourth-order valence-electron chi connectivity index (χ4n) is 8.09. The molecule has 0 radical (unpaired) electrons. The second-order valence-corrected chi connectivity index (χ2v) is 17.5. The van der Waals surface area contributed by atoms with E-state index in [1.165, 1.54) is 148 Å². The van der Waals surface area contributed by atoms with Crippen LogP contribution in [-0.2, 0) is 14.3 Å². The minimum atomic E-state index is -1.66. The molecule has 1 rings (SSSR count). The summed E-state index contributed by atoms with van der Waals surface area (Å²) in [5, 5.41) is 75.6. The molecule has 1 heterocycles. The molecule has 0 aromatic carbocycles. The van der Waals surface area contributed by atoms with Crippen LogP contribution >= 0.6 is 0 Å². The Morgan fingerprint density at radius 3 is 1.28 bits per heavy atom. The van der Waals surface area contributed by atoms with Gasteiger partial charge in [-0.25, -0.2) is 0 Å². The van der Waals surface area contributed by atoms with Crippen LogP contribution in [0.25, 0.3) is 0 Å². The summed E-state index contributed by atoms with van der Waals surface area (Å²) in [6, 6.07) is -1.16. The molecule has 3 unspecified atom stereocenters. The largest absolute Gasteiger partial charge is 0.394 e. The highest BCUT2D eigenvalue weighted by Crippen LogP contribution is 2.23. The van der Waals surface area contributed by atoms with Crippen molar-refractivity contribution >= 4 is 5.91 Å². The lowest BCUT2D eigenvalue weighted by Crippen LogP contribution is -2.60. The lowest BCUT2D eigenvalue weighted by atomic mass is 9.98. The maximum atomic E-state index is 13.1. The number of hydrogen-bond donors (Lipinski definition) is 8. The van der Waals surface area contributed by atoms with Gasteiger partial charge >= 0.3 is 0 Å². The van der Waals surface area contributed by atoms with Crippen LogP contribution in [0.2, 0.25) is 0 Å². The zero-order valence-electron chi connectivity index (χ0n) is 37.3. The van der Waals surface area contributed by atoms with E-state index in [-0.39, 0.29) is 6.42 Å². The second kappa shape index (κ2) is 37.8. The van der Waals surface area contributed by atoms with Crippen molar-refractivity contribution in [3.05, 3.63) is 0 Å². The highest BCUT2D eigenvalue weighted by atomic mass is 16.7. The number of rotatable bonds is 41. The van der Waals surface area contributed by atoms with E-state index in [0.717, 1.165) is 38.5 Å². The molecule has 58 heavy (non-hydrogen) atoms. The van der Waals surface area contributed by atoms with E-state index in [9.17, 15) is 40.5 Å². The second-order valence-electron chi connectivity index (χ2n) is 17.5. The normalized spacial score (nSPS) is 21.8. The van der Waals surface area contributed by atoms with Crippen molar-refractivity contribution in [2.45, 2.75) is 281 Å². The fourth-order valence-corrected chi connectivity index (χ4v) is 8.09. The summed E-state index contributed by atoms with van der Waals surface area (Å²) in [5.74, 6) is -0.693. The fraction of sp³-hybridized carbons (Fsp3) is 0.979. The van der Waals surface area contributed by atoms with Crippen molar-refractivity contribution in [3.8, 4) is 0 Å². The lowest BCUT2D eigenvalue weighted by molar-refractivity contribution is -0.303. The Balaban J connectivity index is 2.37. The summed E-state index contributed by atoms with van der Waals surface area (Å²) >= 11 is 0. The molecule has 11 heteroatoms. The minimum absolute atomic E-state index is 0.266. The van der Waals surface area contributed by atoms with E-state index >= 15 is 0 Å². The number of nitrogens with one attached hydrogen (secondary N) is 1.